The van der Waals surface area contributed by atoms with Gasteiger partial charge in [-0.3, -0.25) is 4.79 Å². The Morgan fingerprint density at radius 1 is 1.50 bits per heavy atom. The van der Waals surface area contributed by atoms with Crippen LogP contribution in [0.1, 0.15) is 28.8 Å². The van der Waals surface area contributed by atoms with Crippen LogP contribution in [0.25, 0.3) is 0 Å². The highest BCUT2D eigenvalue weighted by Gasteiger charge is 2.22. The minimum absolute atomic E-state index is 0.0776. The van der Waals surface area contributed by atoms with Crippen LogP contribution in [0.15, 0.2) is 0 Å². The van der Waals surface area contributed by atoms with Crippen molar-refractivity contribution in [1.29, 1.82) is 5.26 Å². The number of carbonyl (C=O) groups is 1. The number of fused-ring (bicyclic) bond motifs is 1. The van der Waals surface area contributed by atoms with E-state index in [1.54, 1.807) is 0 Å². The van der Waals surface area contributed by atoms with Crippen molar-refractivity contribution >= 4 is 22.2 Å². The van der Waals surface area contributed by atoms with E-state index in [4.69, 9.17) is 5.11 Å². The first-order valence-electron chi connectivity index (χ1n) is 6.79. The Bertz CT molecular complexity index is 533. The molecule has 0 aliphatic heterocycles. The van der Waals surface area contributed by atoms with Gasteiger partial charge in [-0.05, 0) is 31.9 Å². The molecule has 1 aliphatic carbocycles. The number of aliphatic hydroxyl groups excluding tert-OH is 1. The molecule has 1 aromatic rings. The third-order valence-corrected chi connectivity index (χ3v) is 4.70. The van der Waals surface area contributed by atoms with Crippen molar-refractivity contribution in [2.45, 2.75) is 25.7 Å². The Morgan fingerprint density at radius 3 is 3.00 bits per heavy atom. The van der Waals surface area contributed by atoms with Gasteiger partial charge >= 0.3 is 0 Å². The molecule has 5 nitrogen and oxygen atoms in total. The summed E-state index contributed by atoms with van der Waals surface area (Å²) in [6.45, 7) is 1.25. The number of amides is 1. The van der Waals surface area contributed by atoms with E-state index >= 15 is 0 Å². The molecule has 6 heteroatoms. The summed E-state index contributed by atoms with van der Waals surface area (Å²) in [7, 11) is 1.86. The lowest BCUT2D eigenvalue weighted by Gasteiger charge is -2.14. The van der Waals surface area contributed by atoms with Gasteiger partial charge in [0.1, 0.15) is 11.1 Å². The summed E-state index contributed by atoms with van der Waals surface area (Å²) in [5.41, 5.74) is 1.78. The highest BCUT2D eigenvalue weighted by atomic mass is 32.1. The molecule has 0 aromatic carbocycles. The molecule has 20 heavy (non-hydrogen) atoms. The van der Waals surface area contributed by atoms with Crippen LogP contribution in [-0.2, 0) is 17.6 Å². The van der Waals surface area contributed by atoms with Crippen LogP contribution < -0.4 is 5.32 Å². The van der Waals surface area contributed by atoms with Crippen molar-refractivity contribution in [2.75, 3.05) is 32.1 Å². The second-order valence-corrected chi connectivity index (χ2v) is 6.10. The molecule has 0 saturated carbocycles. The van der Waals surface area contributed by atoms with Crippen LogP contribution in [0.5, 0.6) is 0 Å². The number of thiophene rings is 1. The van der Waals surface area contributed by atoms with Gasteiger partial charge in [0.05, 0.1) is 12.2 Å². The van der Waals surface area contributed by atoms with E-state index in [9.17, 15) is 10.1 Å². The largest absolute Gasteiger partial charge is 0.395 e. The fourth-order valence-electron chi connectivity index (χ4n) is 2.37. The first kappa shape index (κ1) is 15.0. The standard InChI is InChI=1S/C14H19N3O2S/c1-17(7-8-18)6-5-13(19)16-14-11(9-15)10-3-2-4-12(10)20-14/h18H,2-8H2,1H3,(H,16,19). The summed E-state index contributed by atoms with van der Waals surface area (Å²) in [5, 5.41) is 21.6. The molecule has 0 radical (unpaired) electrons. The number of nitrogens with one attached hydrogen (secondary N) is 1. The van der Waals surface area contributed by atoms with Crippen molar-refractivity contribution in [3.8, 4) is 6.07 Å². The normalized spacial score (nSPS) is 13.3. The Morgan fingerprint density at radius 2 is 2.30 bits per heavy atom. The molecule has 0 atom stereocenters. The minimum Gasteiger partial charge on any atom is -0.395 e. The van der Waals surface area contributed by atoms with Crippen molar-refractivity contribution in [3.05, 3.63) is 16.0 Å². The van der Waals surface area contributed by atoms with E-state index < -0.39 is 0 Å². The van der Waals surface area contributed by atoms with Crippen LogP contribution in [0.3, 0.4) is 0 Å². The number of anilines is 1. The van der Waals surface area contributed by atoms with Gasteiger partial charge in [-0.15, -0.1) is 11.3 Å². The maximum absolute atomic E-state index is 11.9. The van der Waals surface area contributed by atoms with Gasteiger partial charge in [0, 0.05) is 24.4 Å². The molecular weight excluding hydrogens is 274 g/mol. The molecule has 1 aromatic heterocycles. The molecule has 0 unspecified atom stereocenters. The molecule has 0 fully saturated rings. The van der Waals surface area contributed by atoms with E-state index in [0.717, 1.165) is 24.8 Å². The number of aliphatic hydroxyl groups is 1. The van der Waals surface area contributed by atoms with Crippen LogP contribution in [0.4, 0.5) is 5.00 Å². The lowest BCUT2D eigenvalue weighted by molar-refractivity contribution is -0.116. The molecule has 2 rings (SSSR count). The zero-order valence-corrected chi connectivity index (χ0v) is 12.4. The summed E-state index contributed by atoms with van der Waals surface area (Å²) in [6, 6.07) is 2.22. The third-order valence-electron chi connectivity index (χ3n) is 3.49. The van der Waals surface area contributed by atoms with Crippen molar-refractivity contribution < 1.29 is 9.90 Å². The fourth-order valence-corrected chi connectivity index (χ4v) is 3.63. The van der Waals surface area contributed by atoms with E-state index in [1.165, 1.54) is 16.2 Å². The Balaban J connectivity index is 1.94. The van der Waals surface area contributed by atoms with Gasteiger partial charge in [-0.25, -0.2) is 0 Å². The fraction of sp³-hybridized carbons (Fsp3) is 0.571. The summed E-state index contributed by atoms with van der Waals surface area (Å²) in [6.07, 6.45) is 3.44. The topological polar surface area (TPSA) is 76.4 Å². The number of carbonyl (C=O) groups excluding carboxylic acids is 1. The summed E-state index contributed by atoms with van der Waals surface area (Å²) in [5.74, 6) is -0.0776. The van der Waals surface area contributed by atoms with E-state index in [1.807, 2.05) is 11.9 Å². The van der Waals surface area contributed by atoms with Gasteiger partial charge < -0.3 is 15.3 Å². The van der Waals surface area contributed by atoms with Gasteiger partial charge in [0.25, 0.3) is 0 Å². The van der Waals surface area contributed by atoms with E-state index in [0.29, 0.717) is 30.1 Å². The number of likely N-dealkylation sites (N-methyl/N-ethyl adjacent to an activating group) is 1. The average Bonchev–Trinajstić information content (AvgIpc) is 2.97. The molecule has 1 aliphatic rings. The van der Waals surface area contributed by atoms with Crippen LogP contribution in [0, 0.1) is 11.3 Å². The van der Waals surface area contributed by atoms with Crippen molar-refractivity contribution in [1.82, 2.24) is 4.90 Å². The molecule has 1 amide bonds. The number of aryl methyl sites for hydroxylation is 1. The molecule has 0 bridgehead atoms. The highest BCUT2D eigenvalue weighted by molar-refractivity contribution is 7.16. The van der Waals surface area contributed by atoms with Crippen molar-refractivity contribution in [3.63, 3.8) is 0 Å². The predicted molar refractivity (Wildman–Crippen MR) is 78.9 cm³/mol. The van der Waals surface area contributed by atoms with Gasteiger partial charge in [0.2, 0.25) is 5.91 Å². The third kappa shape index (κ3) is 3.37. The molecule has 2 N–H and O–H groups in total. The first-order chi connectivity index (χ1) is 9.65. The Hall–Kier alpha value is -1.42. The number of rotatable bonds is 6. The van der Waals surface area contributed by atoms with Crippen LogP contribution in [-0.4, -0.2) is 42.7 Å². The Kier molecular flexibility index (Phi) is 5.12. The maximum Gasteiger partial charge on any atom is 0.226 e. The number of hydrogen-bond donors (Lipinski definition) is 2. The number of nitrogens with zero attached hydrogens (tertiary/aromatic N) is 2. The zero-order chi connectivity index (χ0) is 14.5. The minimum atomic E-state index is -0.0776. The predicted octanol–water partition coefficient (Wildman–Crippen LogP) is 1.36. The lowest BCUT2D eigenvalue weighted by atomic mass is 10.1. The maximum atomic E-state index is 11.9. The van der Waals surface area contributed by atoms with Gasteiger partial charge in [-0.2, -0.15) is 5.26 Å². The zero-order valence-electron chi connectivity index (χ0n) is 11.6. The summed E-state index contributed by atoms with van der Waals surface area (Å²) >= 11 is 1.54. The van der Waals surface area contributed by atoms with E-state index in [2.05, 4.69) is 11.4 Å². The molecule has 1 heterocycles. The lowest BCUT2D eigenvalue weighted by Crippen LogP contribution is -2.26. The smallest absolute Gasteiger partial charge is 0.226 e. The molecule has 0 spiro atoms. The average molecular weight is 293 g/mol. The van der Waals surface area contributed by atoms with Gasteiger partial charge in [-0.1, -0.05) is 0 Å². The molecule has 0 saturated heterocycles. The van der Waals surface area contributed by atoms with Crippen molar-refractivity contribution in [2.24, 2.45) is 0 Å². The van der Waals surface area contributed by atoms with Gasteiger partial charge in [0.15, 0.2) is 0 Å². The van der Waals surface area contributed by atoms with E-state index in [-0.39, 0.29) is 12.5 Å². The monoisotopic (exact) mass is 293 g/mol. The highest BCUT2D eigenvalue weighted by Crippen LogP contribution is 2.38. The number of nitriles is 1. The molecule has 108 valence electrons. The van der Waals surface area contributed by atoms with Crippen LogP contribution in [0.2, 0.25) is 0 Å². The quantitative estimate of drug-likeness (QED) is 0.830. The summed E-state index contributed by atoms with van der Waals surface area (Å²) < 4.78 is 0. The number of hydrogen-bond acceptors (Lipinski definition) is 5. The molecular formula is C14H19N3O2S. The Labute approximate surface area is 122 Å². The second kappa shape index (κ2) is 6.84. The first-order valence-corrected chi connectivity index (χ1v) is 7.61. The van der Waals surface area contributed by atoms with Crippen LogP contribution >= 0.6 is 11.3 Å². The second-order valence-electron chi connectivity index (χ2n) is 5.00. The summed E-state index contributed by atoms with van der Waals surface area (Å²) in [4.78, 5) is 15.1. The SMILES string of the molecule is CN(CCO)CCC(=O)Nc1sc2c(c1C#N)CCC2.